The van der Waals surface area contributed by atoms with Crippen molar-refractivity contribution < 1.29 is 8.95 Å². The molecule has 2 nitrogen and oxygen atoms in total. The molecule has 0 fully saturated rings. The molecule has 0 saturated carbocycles. The van der Waals surface area contributed by atoms with Gasteiger partial charge in [0.05, 0.1) is 17.9 Å². The largest absolute Gasteiger partial charge is 0.497 e. The van der Waals surface area contributed by atoms with E-state index in [0.717, 1.165) is 28.2 Å². The van der Waals surface area contributed by atoms with Crippen molar-refractivity contribution in [3.8, 4) is 5.75 Å². The van der Waals surface area contributed by atoms with Gasteiger partial charge in [0.25, 0.3) is 0 Å². The van der Waals surface area contributed by atoms with E-state index in [2.05, 4.69) is 0 Å². The molecular formula is C18H21ClO2S. The van der Waals surface area contributed by atoms with Crippen molar-refractivity contribution in [3.63, 3.8) is 0 Å². The highest BCUT2D eigenvalue weighted by Crippen LogP contribution is 2.30. The number of benzene rings is 2. The summed E-state index contributed by atoms with van der Waals surface area (Å²) in [4.78, 5) is 0.776. The molecule has 2 aromatic rings. The first-order chi connectivity index (χ1) is 10.4. The molecule has 0 radical (unpaired) electrons. The first kappa shape index (κ1) is 17.0. The fourth-order valence-corrected chi connectivity index (χ4v) is 3.68. The van der Waals surface area contributed by atoms with Crippen molar-refractivity contribution in [2.45, 2.75) is 35.8 Å². The number of hydrogen-bond acceptors (Lipinski definition) is 2. The standard InChI is InChI=1S/C18H21ClO2S/c1-14-4-10-17(11-5-14)22(20)18(2,19)13-12-15-6-8-16(21-3)9-7-15/h4-11H,12-13H2,1-3H3. The molecule has 0 aromatic heterocycles. The Hall–Kier alpha value is -1.32. The third-order valence-electron chi connectivity index (χ3n) is 3.64. The third-order valence-corrected chi connectivity index (χ3v) is 5.93. The van der Waals surface area contributed by atoms with Crippen LogP contribution < -0.4 is 4.74 Å². The molecule has 2 rings (SSSR count). The normalized spacial score (nSPS) is 15.1. The lowest BCUT2D eigenvalue weighted by Gasteiger charge is -2.21. The fourth-order valence-electron chi connectivity index (χ4n) is 2.16. The average Bonchev–Trinajstić information content (AvgIpc) is 2.53. The van der Waals surface area contributed by atoms with Crippen molar-refractivity contribution in [1.29, 1.82) is 0 Å². The van der Waals surface area contributed by atoms with Crippen molar-refractivity contribution in [3.05, 3.63) is 59.7 Å². The summed E-state index contributed by atoms with van der Waals surface area (Å²) >= 11 is 6.54. The van der Waals surface area contributed by atoms with Gasteiger partial charge in [0, 0.05) is 4.90 Å². The average molecular weight is 337 g/mol. The van der Waals surface area contributed by atoms with Gasteiger partial charge in [0.2, 0.25) is 0 Å². The predicted molar refractivity (Wildman–Crippen MR) is 93.2 cm³/mol. The number of halogens is 1. The molecule has 2 atom stereocenters. The molecule has 22 heavy (non-hydrogen) atoms. The van der Waals surface area contributed by atoms with Crippen LogP contribution in [-0.4, -0.2) is 15.5 Å². The second-order valence-corrected chi connectivity index (χ2v) is 8.50. The van der Waals surface area contributed by atoms with Gasteiger partial charge in [-0.2, -0.15) is 0 Å². The van der Waals surface area contributed by atoms with Gasteiger partial charge in [-0.25, -0.2) is 0 Å². The molecule has 2 unspecified atom stereocenters. The van der Waals surface area contributed by atoms with Crippen molar-refractivity contribution in [2.24, 2.45) is 0 Å². The first-order valence-corrected chi connectivity index (χ1v) is 8.75. The molecule has 0 bridgehead atoms. The number of methoxy groups -OCH3 is 1. The Balaban J connectivity index is 2.03. The summed E-state index contributed by atoms with van der Waals surface area (Å²) in [5.41, 5.74) is 2.31. The summed E-state index contributed by atoms with van der Waals surface area (Å²) in [5.74, 6) is 0.834. The highest BCUT2D eigenvalue weighted by atomic mass is 35.5. The van der Waals surface area contributed by atoms with Gasteiger partial charge in [-0.05, 0) is 56.5 Å². The topological polar surface area (TPSA) is 26.3 Å². The van der Waals surface area contributed by atoms with Gasteiger partial charge < -0.3 is 4.74 Å². The Morgan fingerprint density at radius 1 is 1.09 bits per heavy atom. The molecule has 2 aromatic carbocycles. The number of aryl methyl sites for hydroxylation is 2. The fraction of sp³-hybridized carbons (Fsp3) is 0.333. The van der Waals surface area contributed by atoms with E-state index in [1.54, 1.807) is 7.11 Å². The summed E-state index contributed by atoms with van der Waals surface area (Å²) in [6, 6.07) is 15.6. The lowest BCUT2D eigenvalue weighted by Crippen LogP contribution is -2.24. The number of alkyl halides is 1. The highest BCUT2D eigenvalue weighted by Gasteiger charge is 2.29. The molecule has 0 aliphatic carbocycles. The first-order valence-electron chi connectivity index (χ1n) is 7.23. The van der Waals surface area contributed by atoms with Crippen LogP contribution in [-0.2, 0) is 17.2 Å². The van der Waals surface area contributed by atoms with E-state index in [1.165, 1.54) is 0 Å². The molecule has 0 aliphatic rings. The van der Waals surface area contributed by atoms with Gasteiger partial charge in [0.15, 0.2) is 0 Å². The maximum Gasteiger partial charge on any atom is 0.121 e. The number of hydrogen-bond donors (Lipinski definition) is 0. The van der Waals surface area contributed by atoms with Crippen molar-refractivity contribution in [1.82, 2.24) is 0 Å². The van der Waals surface area contributed by atoms with Crippen LogP contribution in [0, 0.1) is 6.92 Å². The zero-order valence-electron chi connectivity index (χ0n) is 13.1. The molecule has 118 valence electrons. The second-order valence-electron chi connectivity index (χ2n) is 5.53. The molecular weight excluding hydrogens is 316 g/mol. The van der Waals surface area contributed by atoms with Gasteiger partial charge in [-0.15, -0.1) is 11.6 Å². The number of rotatable bonds is 6. The van der Waals surface area contributed by atoms with Gasteiger partial charge in [0.1, 0.15) is 9.96 Å². The molecule has 4 heteroatoms. The molecule has 0 N–H and O–H groups in total. The monoisotopic (exact) mass is 336 g/mol. The molecule has 0 aliphatic heterocycles. The van der Waals surface area contributed by atoms with E-state index >= 15 is 0 Å². The Morgan fingerprint density at radius 2 is 1.68 bits per heavy atom. The summed E-state index contributed by atoms with van der Waals surface area (Å²) in [6.07, 6.45) is 1.42. The Labute approximate surface area is 139 Å². The van der Waals surface area contributed by atoms with E-state index < -0.39 is 15.0 Å². The minimum absolute atomic E-state index is 0.640. The molecule has 0 heterocycles. The van der Waals surface area contributed by atoms with E-state index in [9.17, 15) is 4.21 Å². The lowest BCUT2D eigenvalue weighted by atomic mass is 10.1. The van der Waals surface area contributed by atoms with Gasteiger partial charge in [-0.3, -0.25) is 4.21 Å². The third kappa shape index (κ3) is 4.34. The van der Waals surface area contributed by atoms with Crippen LogP contribution in [0.3, 0.4) is 0 Å². The lowest BCUT2D eigenvalue weighted by molar-refractivity contribution is 0.414. The summed E-state index contributed by atoms with van der Waals surface area (Å²) in [6.45, 7) is 3.85. The summed E-state index contributed by atoms with van der Waals surface area (Å²) in [7, 11) is 0.407. The summed E-state index contributed by atoms with van der Waals surface area (Å²) in [5, 5.41) is 0. The van der Waals surface area contributed by atoms with Crippen LogP contribution in [0.4, 0.5) is 0 Å². The number of ether oxygens (including phenoxy) is 1. The van der Waals surface area contributed by atoms with Gasteiger partial charge in [-0.1, -0.05) is 29.8 Å². The van der Waals surface area contributed by atoms with E-state index in [4.69, 9.17) is 16.3 Å². The van der Waals surface area contributed by atoms with E-state index in [1.807, 2.05) is 62.4 Å². The van der Waals surface area contributed by atoms with Crippen LogP contribution in [0.2, 0.25) is 0 Å². The quantitative estimate of drug-likeness (QED) is 0.715. The van der Waals surface area contributed by atoms with Crippen LogP contribution >= 0.6 is 11.6 Å². The van der Waals surface area contributed by atoms with Gasteiger partial charge >= 0.3 is 0 Å². The summed E-state index contributed by atoms with van der Waals surface area (Å²) < 4.78 is 17.0. The molecule has 0 spiro atoms. The van der Waals surface area contributed by atoms with Crippen LogP contribution in [0.5, 0.6) is 5.75 Å². The SMILES string of the molecule is COc1ccc(CCC(C)(Cl)S(=O)c2ccc(C)cc2)cc1. The molecule has 0 amide bonds. The minimum atomic E-state index is -1.24. The maximum absolute atomic E-state index is 12.7. The molecule has 0 saturated heterocycles. The second kappa shape index (κ2) is 7.30. The van der Waals surface area contributed by atoms with E-state index in [-0.39, 0.29) is 0 Å². The van der Waals surface area contributed by atoms with Crippen molar-refractivity contribution >= 4 is 22.4 Å². The highest BCUT2D eigenvalue weighted by molar-refractivity contribution is 7.87. The van der Waals surface area contributed by atoms with Crippen molar-refractivity contribution in [2.75, 3.05) is 7.11 Å². The Kier molecular flexibility index (Phi) is 5.65. The minimum Gasteiger partial charge on any atom is -0.497 e. The Morgan fingerprint density at radius 3 is 2.23 bits per heavy atom. The zero-order chi connectivity index (χ0) is 16.2. The zero-order valence-corrected chi connectivity index (χ0v) is 14.7. The van der Waals surface area contributed by atoms with Crippen LogP contribution in [0.25, 0.3) is 0 Å². The predicted octanol–water partition coefficient (Wildman–Crippen LogP) is 4.70. The maximum atomic E-state index is 12.7. The van der Waals surface area contributed by atoms with Crippen LogP contribution in [0.1, 0.15) is 24.5 Å². The Bertz CT molecular complexity index is 633. The van der Waals surface area contributed by atoms with Crippen LogP contribution in [0.15, 0.2) is 53.4 Å². The smallest absolute Gasteiger partial charge is 0.121 e. The van der Waals surface area contributed by atoms with E-state index in [0.29, 0.717) is 6.42 Å².